The molecule has 1 fully saturated rings. The van der Waals surface area contributed by atoms with E-state index >= 15 is 0 Å². The van der Waals surface area contributed by atoms with Crippen LogP contribution in [0.2, 0.25) is 0 Å². The predicted molar refractivity (Wildman–Crippen MR) is 79.9 cm³/mol. The number of hydrogen-bond donors (Lipinski definition) is 0. The van der Waals surface area contributed by atoms with Crippen LogP contribution in [-0.4, -0.2) is 29.9 Å². The molecule has 22 heavy (non-hydrogen) atoms. The van der Waals surface area contributed by atoms with Crippen LogP contribution in [0.5, 0.6) is 0 Å². The maximum absolute atomic E-state index is 12.3. The lowest BCUT2D eigenvalue weighted by Gasteiger charge is -2.35. The van der Waals surface area contributed by atoms with E-state index < -0.39 is 11.6 Å². The molecule has 2 aliphatic rings. The Morgan fingerprint density at radius 2 is 2.09 bits per heavy atom. The van der Waals surface area contributed by atoms with Crippen LogP contribution in [0.3, 0.4) is 0 Å². The number of rotatable bonds is 3. The number of Topliss-reactive ketones (excluding diaryl/α,β-unsaturated/α-hetero) is 1. The summed E-state index contributed by atoms with van der Waals surface area (Å²) in [5.74, 6) is -1.29. The zero-order valence-electron chi connectivity index (χ0n) is 13.4. The first kappa shape index (κ1) is 16.5. The molecular formula is C17H22O5. The Kier molecular flexibility index (Phi) is 4.54. The Morgan fingerprint density at radius 1 is 1.41 bits per heavy atom. The molecule has 2 atom stereocenters. The first-order chi connectivity index (χ1) is 10.3. The van der Waals surface area contributed by atoms with Crippen molar-refractivity contribution in [1.29, 1.82) is 0 Å². The van der Waals surface area contributed by atoms with Crippen LogP contribution < -0.4 is 0 Å². The molecule has 0 N–H and O–H groups in total. The second kappa shape index (κ2) is 6.07. The second-order valence-corrected chi connectivity index (χ2v) is 6.15. The van der Waals surface area contributed by atoms with E-state index in [2.05, 4.69) is 6.58 Å². The SMILES string of the molecule is C=C(C)[C@@H]1CC(=O)O[C@@]2(C)CCC(=O)C(C(=O)OCC)=C2C1. The average molecular weight is 306 g/mol. The summed E-state index contributed by atoms with van der Waals surface area (Å²) in [6.45, 7) is 9.41. The zero-order valence-corrected chi connectivity index (χ0v) is 13.4. The van der Waals surface area contributed by atoms with E-state index in [0.717, 1.165) is 5.57 Å². The van der Waals surface area contributed by atoms with Crippen molar-refractivity contribution in [2.75, 3.05) is 6.61 Å². The molecule has 1 aliphatic heterocycles. The monoisotopic (exact) mass is 306 g/mol. The van der Waals surface area contributed by atoms with E-state index in [-0.39, 0.29) is 42.7 Å². The van der Waals surface area contributed by atoms with E-state index in [1.54, 1.807) is 13.8 Å². The maximum atomic E-state index is 12.3. The molecule has 1 heterocycles. The van der Waals surface area contributed by atoms with Crippen LogP contribution in [0, 0.1) is 5.92 Å². The van der Waals surface area contributed by atoms with Crippen LogP contribution in [0.15, 0.2) is 23.3 Å². The molecule has 0 aromatic rings. The first-order valence-electron chi connectivity index (χ1n) is 7.59. The van der Waals surface area contributed by atoms with Gasteiger partial charge in [-0.25, -0.2) is 4.79 Å². The summed E-state index contributed by atoms with van der Waals surface area (Å²) < 4.78 is 10.6. The topological polar surface area (TPSA) is 69.7 Å². The number of carbonyl (C=O) groups excluding carboxylic acids is 3. The standard InChI is InChI=1S/C17H22O5/c1-5-21-16(20)15-12-8-11(10(2)3)9-14(19)22-17(12,4)7-6-13(15)18/h11H,2,5-9H2,1,3-4H3/t11-,17-/m0/s1. The summed E-state index contributed by atoms with van der Waals surface area (Å²) in [5, 5.41) is 0. The number of hydrogen-bond acceptors (Lipinski definition) is 5. The normalized spacial score (nSPS) is 28.6. The van der Waals surface area contributed by atoms with Crippen molar-refractivity contribution in [2.24, 2.45) is 5.92 Å². The van der Waals surface area contributed by atoms with E-state index in [9.17, 15) is 14.4 Å². The van der Waals surface area contributed by atoms with Crippen LogP contribution in [0.25, 0.3) is 0 Å². The van der Waals surface area contributed by atoms with Crippen molar-refractivity contribution < 1.29 is 23.9 Å². The molecule has 0 saturated carbocycles. The van der Waals surface area contributed by atoms with Crippen molar-refractivity contribution in [3.63, 3.8) is 0 Å². The van der Waals surface area contributed by atoms with E-state index in [1.165, 1.54) is 0 Å². The van der Waals surface area contributed by atoms with Crippen molar-refractivity contribution in [3.8, 4) is 0 Å². The van der Waals surface area contributed by atoms with E-state index in [0.29, 0.717) is 18.4 Å². The van der Waals surface area contributed by atoms with Crippen molar-refractivity contribution in [2.45, 2.75) is 52.1 Å². The Hall–Kier alpha value is -1.91. The fraction of sp³-hybridized carbons (Fsp3) is 0.588. The third kappa shape index (κ3) is 2.98. The minimum atomic E-state index is -0.905. The van der Waals surface area contributed by atoms with Crippen molar-refractivity contribution >= 4 is 17.7 Å². The molecule has 1 saturated heterocycles. The van der Waals surface area contributed by atoms with Gasteiger partial charge in [-0.15, -0.1) is 0 Å². The number of allylic oxidation sites excluding steroid dienone is 1. The molecule has 5 nitrogen and oxygen atoms in total. The average Bonchev–Trinajstić information content (AvgIpc) is 2.55. The Labute approximate surface area is 130 Å². The van der Waals surface area contributed by atoms with Crippen LogP contribution in [-0.2, 0) is 23.9 Å². The minimum absolute atomic E-state index is 0.0663. The fourth-order valence-electron chi connectivity index (χ4n) is 3.09. The summed E-state index contributed by atoms with van der Waals surface area (Å²) in [4.78, 5) is 36.5. The molecule has 0 aromatic heterocycles. The van der Waals surface area contributed by atoms with Gasteiger partial charge < -0.3 is 9.47 Å². The number of esters is 2. The highest BCUT2D eigenvalue weighted by Gasteiger charge is 2.46. The molecule has 2 rings (SSSR count). The molecular weight excluding hydrogens is 284 g/mol. The largest absolute Gasteiger partial charge is 0.462 e. The Morgan fingerprint density at radius 3 is 2.68 bits per heavy atom. The quantitative estimate of drug-likeness (QED) is 0.455. The molecule has 1 aliphatic carbocycles. The zero-order chi connectivity index (χ0) is 16.5. The number of ketones is 1. The van der Waals surface area contributed by atoms with E-state index in [4.69, 9.17) is 9.47 Å². The highest BCUT2D eigenvalue weighted by molar-refractivity contribution is 6.18. The van der Waals surface area contributed by atoms with Crippen LogP contribution in [0.4, 0.5) is 0 Å². The summed E-state index contributed by atoms with van der Waals surface area (Å²) in [5.41, 5.74) is 0.588. The van der Waals surface area contributed by atoms with Gasteiger partial charge in [-0.3, -0.25) is 9.59 Å². The van der Waals surface area contributed by atoms with Gasteiger partial charge in [0.1, 0.15) is 11.2 Å². The predicted octanol–water partition coefficient (Wildman–Crippen LogP) is 2.50. The summed E-state index contributed by atoms with van der Waals surface area (Å²) in [6.07, 6.45) is 1.23. The Balaban J connectivity index is 2.55. The smallest absolute Gasteiger partial charge is 0.341 e. The molecule has 0 amide bonds. The van der Waals surface area contributed by atoms with Gasteiger partial charge in [-0.2, -0.15) is 0 Å². The second-order valence-electron chi connectivity index (χ2n) is 6.15. The minimum Gasteiger partial charge on any atom is -0.462 e. The van der Waals surface area contributed by atoms with Crippen LogP contribution >= 0.6 is 0 Å². The van der Waals surface area contributed by atoms with Gasteiger partial charge in [0.15, 0.2) is 5.78 Å². The molecule has 0 aromatic carbocycles. The van der Waals surface area contributed by atoms with Gasteiger partial charge in [0.25, 0.3) is 0 Å². The summed E-state index contributed by atoms with van der Waals surface area (Å²) >= 11 is 0. The number of ether oxygens (including phenoxy) is 2. The number of carbonyl (C=O) groups is 3. The van der Waals surface area contributed by atoms with Gasteiger partial charge in [0.2, 0.25) is 0 Å². The third-order valence-electron chi connectivity index (χ3n) is 4.43. The highest BCUT2D eigenvalue weighted by atomic mass is 16.6. The maximum Gasteiger partial charge on any atom is 0.341 e. The lowest BCUT2D eigenvalue weighted by atomic mass is 9.75. The third-order valence-corrected chi connectivity index (χ3v) is 4.43. The lowest BCUT2D eigenvalue weighted by molar-refractivity contribution is -0.156. The molecule has 0 bridgehead atoms. The Bertz CT molecular complexity index is 572. The van der Waals surface area contributed by atoms with Gasteiger partial charge in [0.05, 0.1) is 13.0 Å². The van der Waals surface area contributed by atoms with Gasteiger partial charge in [0, 0.05) is 6.42 Å². The highest BCUT2D eigenvalue weighted by Crippen LogP contribution is 2.43. The number of fused-ring (bicyclic) bond motifs is 1. The molecule has 0 unspecified atom stereocenters. The van der Waals surface area contributed by atoms with Gasteiger partial charge >= 0.3 is 11.9 Å². The van der Waals surface area contributed by atoms with Gasteiger partial charge in [-0.05, 0) is 45.1 Å². The molecule has 0 radical (unpaired) electrons. The summed E-state index contributed by atoms with van der Waals surface area (Å²) in [6, 6.07) is 0. The van der Waals surface area contributed by atoms with Gasteiger partial charge in [-0.1, -0.05) is 12.2 Å². The molecule has 0 spiro atoms. The van der Waals surface area contributed by atoms with Crippen molar-refractivity contribution in [3.05, 3.63) is 23.3 Å². The van der Waals surface area contributed by atoms with Crippen molar-refractivity contribution in [1.82, 2.24) is 0 Å². The summed E-state index contributed by atoms with van der Waals surface area (Å²) in [7, 11) is 0. The fourth-order valence-corrected chi connectivity index (χ4v) is 3.09. The first-order valence-corrected chi connectivity index (χ1v) is 7.59. The van der Waals surface area contributed by atoms with Crippen LogP contribution in [0.1, 0.15) is 46.5 Å². The molecule has 120 valence electrons. The van der Waals surface area contributed by atoms with E-state index in [1.807, 2.05) is 6.92 Å². The lowest BCUT2D eigenvalue weighted by Crippen LogP contribution is -2.40. The molecule has 5 heteroatoms.